The largest absolute Gasteiger partial charge is 0.378 e. The Bertz CT molecular complexity index is 258. The summed E-state index contributed by atoms with van der Waals surface area (Å²) in [5.74, 6) is 1.26. The number of carbonyl (C=O) groups excluding carboxylic acids is 1. The first-order valence-electron chi connectivity index (χ1n) is 7.18. The van der Waals surface area contributed by atoms with E-state index in [0.717, 1.165) is 31.2 Å². The normalized spacial score (nSPS) is 30.1. The van der Waals surface area contributed by atoms with Crippen molar-refractivity contribution in [2.24, 2.45) is 17.6 Å². The third-order valence-corrected chi connectivity index (χ3v) is 4.10. The Balaban J connectivity index is 2.22. The molecule has 1 aliphatic rings. The molecule has 1 aliphatic carbocycles. The fourth-order valence-electron chi connectivity index (χ4n) is 2.59. The van der Waals surface area contributed by atoms with Gasteiger partial charge in [0, 0.05) is 6.61 Å². The number of hydrogen-bond donors (Lipinski definition) is 2. The maximum Gasteiger partial charge on any atom is 0.234 e. The highest BCUT2D eigenvalue weighted by Crippen LogP contribution is 2.30. The lowest BCUT2D eigenvalue weighted by atomic mass is 9.80. The minimum atomic E-state index is -0.286. The van der Waals surface area contributed by atoms with Gasteiger partial charge >= 0.3 is 0 Å². The number of ether oxygens (including phenoxy) is 1. The lowest BCUT2D eigenvalue weighted by molar-refractivity contribution is -0.120. The Labute approximate surface area is 111 Å². The minimum absolute atomic E-state index is 0.255. The lowest BCUT2D eigenvalue weighted by Gasteiger charge is -2.32. The van der Waals surface area contributed by atoms with Gasteiger partial charge in [-0.05, 0) is 44.1 Å². The third-order valence-electron chi connectivity index (χ3n) is 4.10. The number of rotatable bonds is 7. The first kappa shape index (κ1) is 15.4. The Morgan fingerprint density at radius 1 is 1.39 bits per heavy atom. The number of nitrogens with one attached hydrogen (secondary N) is 1. The summed E-state index contributed by atoms with van der Waals surface area (Å²) in [7, 11) is 0. The number of amides is 1. The van der Waals surface area contributed by atoms with Gasteiger partial charge in [-0.2, -0.15) is 0 Å². The smallest absolute Gasteiger partial charge is 0.234 e. The van der Waals surface area contributed by atoms with Gasteiger partial charge in [-0.15, -0.1) is 0 Å². The van der Waals surface area contributed by atoms with E-state index in [2.05, 4.69) is 19.2 Å². The summed E-state index contributed by atoms with van der Waals surface area (Å²) in [6.45, 7) is 7.96. The van der Waals surface area contributed by atoms with Gasteiger partial charge in [0.2, 0.25) is 5.91 Å². The molecule has 0 aromatic carbocycles. The average molecular weight is 256 g/mol. The second-order valence-corrected chi connectivity index (χ2v) is 5.56. The molecule has 1 rings (SSSR count). The molecule has 4 heteroatoms. The summed E-state index contributed by atoms with van der Waals surface area (Å²) in [4.78, 5) is 11.2. The number of hydrogen-bond acceptors (Lipinski definition) is 3. The van der Waals surface area contributed by atoms with Crippen LogP contribution < -0.4 is 11.1 Å². The van der Waals surface area contributed by atoms with Crippen LogP contribution in [0.1, 0.15) is 46.5 Å². The van der Waals surface area contributed by atoms with Crippen LogP contribution in [0.4, 0.5) is 0 Å². The highest BCUT2D eigenvalue weighted by atomic mass is 16.5. The Kier molecular flexibility index (Phi) is 6.65. The van der Waals surface area contributed by atoms with Crippen LogP contribution in [-0.2, 0) is 9.53 Å². The highest BCUT2D eigenvalue weighted by molar-refractivity contribution is 5.79. The molecule has 0 aromatic heterocycles. The SMILES string of the molecule is CCNC(CCOC1CCC(C)C(C)C1)C(N)=O. The fourth-order valence-corrected chi connectivity index (χ4v) is 2.59. The summed E-state index contributed by atoms with van der Waals surface area (Å²) < 4.78 is 5.88. The van der Waals surface area contributed by atoms with Gasteiger partial charge in [-0.25, -0.2) is 0 Å². The van der Waals surface area contributed by atoms with E-state index in [9.17, 15) is 4.79 Å². The molecule has 1 amide bonds. The van der Waals surface area contributed by atoms with Crippen molar-refractivity contribution in [3.63, 3.8) is 0 Å². The van der Waals surface area contributed by atoms with Crippen molar-refractivity contribution in [2.45, 2.75) is 58.6 Å². The van der Waals surface area contributed by atoms with E-state index >= 15 is 0 Å². The monoisotopic (exact) mass is 256 g/mol. The summed E-state index contributed by atoms with van der Waals surface area (Å²) in [5.41, 5.74) is 5.33. The second-order valence-electron chi connectivity index (χ2n) is 5.56. The molecule has 0 radical (unpaired) electrons. The zero-order valence-electron chi connectivity index (χ0n) is 11.9. The molecule has 0 bridgehead atoms. The fraction of sp³-hybridized carbons (Fsp3) is 0.929. The van der Waals surface area contributed by atoms with Crippen molar-refractivity contribution >= 4 is 5.91 Å². The van der Waals surface area contributed by atoms with Gasteiger partial charge in [0.1, 0.15) is 0 Å². The molecule has 4 atom stereocenters. The van der Waals surface area contributed by atoms with Crippen molar-refractivity contribution in [3.05, 3.63) is 0 Å². The summed E-state index contributed by atoms with van der Waals surface area (Å²) in [6, 6.07) is -0.255. The summed E-state index contributed by atoms with van der Waals surface area (Å²) in [5, 5.41) is 3.08. The van der Waals surface area contributed by atoms with Crippen molar-refractivity contribution < 1.29 is 9.53 Å². The molecule has 0 aliphatic heterocycles. The molecular formula is C14H28N2O2. The van der Waals surface area contributed by atoms with Crippen LogP contribution >= 0.6 is 0 Å². The third kappa shape index (κ3) is 4.94. The van der Waals surface area contributed by atoms with Crippen LogP contribution in [0.3, 0.4) is 0 Å². The van der Waals surface area contributed by atoms with Crippen LogP contribution in [0.15, 0.2) is 0 Å². The van der Waals surface area contributed by atoms with Crippen LogP contribution in [0.2, 0.25) is 0 Å². The summed E-state index contributed by atoms with van der Waals surface area (Å²) >= 11 is 0. The molecule has 1 fully saturated rings. The van der Waals surface area contributed by atoms with Crippen molar-refractivity contribution in [1.82, 2.24) is 5.32 Å². The maximum atomic E-state index is 11.2. The molecule has 0 heterocycles. The van der Waals surface area contributed by atoms with Crippen LogP contribution in [0.5, 0.6) is 0 Å². The molecule has 1 saturated carbocycles. The van der Waals surface area contributed by atoms with Gasteiger partial charge in [0.15, 0.2) is 0 Å². The van der Waals surface area contributed by atoms with E-state index in [0.29, 0.717) is 19.1 Å². The van der Waals surface area contributed by atoms with E-state index in [-0.39, 0.29) is 11.9 Å². The first-order chi connectivity index (χ1) is 8.54. The van der Waals surface area contributed by atoms with E-state index in [1.54, 1.807) is 0 Å². The molecule has 0 spiro atoms. The number of nitrogens with two attached hydrogens (primary N) is 1. The van der Waals surface area contributed by atoms with E-state index in [1.807, 2.05) is 6.92 Å². The molecule has 4 unspecified atom stereocenters. The molecular weight excluding hydrogens is 228 g/mol. The maximum absolute atomic E-state index is 11.2. The van der Waals surface area contributed by atoms with E-state index in [4.69, 9.17) is 10.5 Å². The molecule has 106 valence electrons. The second kappa shape index (κ2) is 7.74. The summed E-state index contributed by atoms with van der Waals surface area (Å²) in [6.07, 6.45) is 4.57. The van der Waals surface area contributed by atoms with E-state index in [1.165, 1.54) is 6.42 Å². The Morgan fingerprint density at radius 2 is 2.11 bits per heavy atom. The first-order valence-corrected chi connectivity index (χ1v) is 7.18. The molecule has 0 aromatic rings. The lowest BCUT2D eigenvalue weighted by Crippen LogP contribution is -2.42. The van der Waals surface area contributed by atoms with Crippen molar-refractivity contribution in [2.75, 3.05) is 13.2 Å². The standard InChI is InChI=1S/C14H28N2O2/c1-4-16-13(14(15)17)7-8-18-12-6-5-10(2)11(3)9-12/h10-13,16H,4-9H2,1-3H3,(H2,15,17). The minimum Gasteiger partial charge on any atom is -0.378 e. The molecule has 3 N–H and O–H groups in total. The Morgan fingerprint density at radius 3 is 2.67 bits per heavy atom. The zero-order valence-corrected chi connectivity index (χ0v) is 11.9. The van der Waals surface area contributed by atoms with Crippen LogP contribution in [-0.4, -0.2) is 31.2 Å². The highest BCUT2D eigenvalue weighted by Gasteiger charge is 2.25. The van der Waals surface area contributed by atoms with Gasteiger partial charge in [-0.1, -0.05) is 20.8 Å². The number of primary amides is 1. The van der Waals surface area contributed by atoms with Gasteiger partial charge in [-0.3, -0.25) is 4.79 Å². The number of carbonyl (C=O) groups is 1. The predicted molar refractivity (Wildman–Crippen MR) is 73.2 cm³/mol. The zero-order chi connectivity index (χ0) is 13.5. The predicted octanol–water partition coefficient (Wildman–Crippen LogP) is 1.68. The van der Waals surface area contributed by atoms with Gasteiger partial charge in [0.25, 0.3) is 0 Å². The molecule has 4 nitrogen and oxygen atoms in total. The van der Waals surface area contributed by atoms with Crippen LogP contribution in [0.25, 0.3) is 0 Å². The van der Waals surface area contributed by atoms with Crippen molar-refractivity contribution in [3.8, 4) is 0 Å². The Hall–Kier alpha value is -0.610. The average Bonchev–Trinajstić information content (AvgIpc) is 2.32. The van der Waals surface area contributed by atoms with Gasteiger partial charge in [0.05, 0.1) is 12.1 Å². The van der Waals surface area contributed by atoms with E-state index < -0.39 is 0 Å². The number of likely N-dealkylation sites (N-methyl/N-ethyl adjacent to an activating group) is 1. The topological polar surface area (TPSA) is 64.3 Å². The van der Waals surface area contributed by atoms with Crippen LogP contribution in [0, 0.1) is 11.8 Å². The quantitative estimate of drug-likeness (QED) is 0.728. The molecule has 18 heavy (non-hydrogen) atoms. The molecule has 0 saturated heterocycles. The van der Waals surface area contributed by atoms with Gasteiger partial charge < -0.3 is 15.8 Å². The van der Waals surface area contributed by atoms with Crippen molar-refractivity contribution in [1.29, 1.82) is 0 Å².